The second-order valence-electron chi connectivity index (χ2n) is 5.16. The number of aryl methyl sites for hydroxylation is 1. The molecule has 2 rings (SSSR count). The van der Waals surface area contributed by atoms with Crippen molar-refractivity contribution in [2.75, 3.05) is 14.2 Å². The Balaban J connectivity index is 0.00000288. The fraction of sp³-hybridized carbons (Fsp3) is 0.353. The number of nitrogens with zero attached hydrogens (tertiary/aromatic N) is 1. The molecule has 7 heteroatoms. The van der Waals surface area contributed by atoms with Gasteiger partial charge < -0.3 is 15.4 Å². The van der Waals surface area contributed by atoms with Crippen LogP contribution < -0.4 is 10.6 Å². The van der Waals surface area contributed by atoms with E-state index in [1.807, 2.05) is 6.07 Å². The Morgan fingerprint density at radius 1 is 1.25 bits per heavy atom. The molecule has 0 aliphatic carbocycles. The first kappa shape index (κ1) is 20.9. The number of ether oxygens (including phenoxy) is 1. The predicted octanol–water partition coefficient (Wildman–Crippen LogP) is 3.83. The van der Waals surface area contributed by atoms with E-state index in [-0.39, 0.29) is 36.4 Å². The van der Waals surface area contributed by atoms with Gasteiger partial charge in [-0.25, -0.2) is 4.39 Å². The van der Waals surface area contributed by atoms with Gasteiger partial charge in [0.25, 0.3) is 0 Å². The smallest absolute Gasteiger partial charge is 0.191 e. The maximum atomic E-state index is 13.6. The number of methoxy groups -OCH3 is 1. The van der Waals surface area contributed by atoms with Crippen molar-refractivity contribution >= 4 is 41.3 Å². The molecule has 1 heterocycles. The fourth-order valence-electron chi connectivity index (χ4n) is 2.16. The van der Waals surface area contributed by atoms with E-state index in [2.05, 4.69) is 34.0 Å². The molecule has 0 saturated heterocycles. The highest BCUT2D eigenvalue weighted by molar-refractivity contribution is 14.0. The number of hydrogen-bond donors (Lipinski definition) is 2. The van der Waals surface area contributed by atoms with Crippen molar-refractivity contribution in [1.82, 2.24) is 10.6 Å². The lowest BCUT2D eigenvalue weighted by atomic mass is 10.1. The molecule has 2 N–H and O–H groups in total. The maximum Gasteiger partial charge on any atom is 0.191 e. The van der Waals surface area contributed by atoms with Gasteiger partial charge in [-0.3, -0.25) is 4.99 Å². The van der Waals surface area contributed by atoms with Gasteiger partial charge in [-0.2, -0.15) is 0 Å². The molecule has 1 aromatic carbocycles. The van der Waals surface area contributed by atoms with Crippen molar-refractivity contribution < 1.29 is 9.13 Å². The van der Waals surface area contributed by atoms with Crippen molar-refractivity contribution in [1.29, 1.82) is 0 Å². The molecule has 0 fully saturated rings. The highest BCUT2D eigenvalue weighted by Crippen LogP contribution is 2.15. The summed E-state index contributed by atoms with van der Waals surface area (Å²) in [6.07, 6.45) is 0. The third-order valence-electron chi connectivity index (χ3n) is 3.48. The maximum absolute atomic E-state index is 13.6. The topological polar surface area (TPSA) is 45.7 Å². The molecule has 0 amide bonds. The zero-order valence-corrected chi connectivity index (χ0v) is 17.2. The molecule has 0 aliphatic rings. The number of rotatable bonds is 6. The Hall–Kier alpha value is -1.19. The number of halogens is 2. The molecule has 0 radical (unpaired) electrons. The summed E-state index contributed by atoms with van der Waals surface area (Å²) in [5.41, 5.74) is 2.82. The number of hydrogen-bond acceptors (Lipinski definition) is 3. The van der Waals surface area contributed by atoms with Gasteiger partial charge in [0.1, 0.15) is 5.82 Å². The normalized spacial score (nSPS) is 11.1. The van der Waals surface area contributed by atoms with Crippen LogP contribution in [0.5, 0.6) is 0 Å². The van der Waals surface area contributed by atoms with Crippen molar-refractivity contribution in [3.05, 3.63) is 57.0 Å². The molecule has 0 unspecified atom stereocenters. The molecule has 0 spiro atoms. The van der Waals surface area contributed by atoms with Crippen LogP contribution in [0.4, 0.5) is 4.39 Å². The van der Waals surface area contributed by atoms with E-state index in [9.17, 15) is 4.39 Å². The quantitative estimate of drug-likeness (QED) is 0.389. The SMILES string of the molecule is CN=C(NCc1ccc(F)c(COC)c1)NCc1sccc1C.I. The summed E-state index contributed by atoms with van der Waals surface area (Å²) < 4.78 is 18.6. The predicted molar refractivity (Wildman–Crippen MR) is 109 cm³/mol. The second kappa shape index (κ2) is 10.6. The lowest BCUT2D eigenvalue weighted by Crippen LogP contribution is -2.36. The van der Waals surface area contributed by atoms with Crippen LogP contribution >= 0.6 is 35.3 Å². The average molecular weight is 463 g/mol. The molecule has 24 heavy (non-hydrogen) atoms. The highest BCUT2D eigenvalue weighted by Gasteiger charge is 2.05. The van der Waals surface area contributed by atoms with Crippen LogP contribution in [0.15, 0.2) is 34.6 Å². The van der Waals surface area contributed by atoms with Crippen molar-refractivity contribution in [3.8, 4) is 0 Å². The second-order valence-corrected chi connectivity index (χ2v) is 6.17. The Morgan fingerprint density at radius 3 is 2.62 bits per heavy atom. The summed E-state index contributed by atoms with van der Waals surface area (Å²) in [5, 5.41) is 8.60. The van der Waals surface area contributed by atoms with E-state index in [0.29, 0.717) is 12.1 Å². The molecule has 2 aromatic rings. The first-order chi connectivity index (χ1) is 11.1. The number of nitrogens with one attached hydrogen (secondary N) is 2. The number of thiophene rings is 1. The van der Waals surface area contributed by atoms with E-state index in [0.717, 1.165) is 18.1 Å². The number of aliphatic imine (C=N–C) groups is 1. The zero-order valence-electron chi connectivity index (χ0n) is 14.1. The van der Waals surface area contributed by atoms with Crippen molar-refractivity contribution in [2.45, 2.75) is 26.6 Å². The van der Waals surface area contributed by atoms with Crippen LogP contribution in [0.3, 0.4) is 0 Å². The monoisotopic (exact) mass is 463 g/mol. The molecule has 0 aliphatic heterocycles. The minimum Gasteiger partial charge on any atom is -0.380 e. The first-order valence-electron chi connectivity index (χ1n) is 7.37. The molecule has 0 atom stereocenters. The standard InChI is InChI=1S/C17H22FN3OS.HI/c1-12-6-7-23-16(12)10-21-17(19-2)20-9-13-4-5-15(18)14(8-13)11-22-3;/h4-8H,9-11H2,1-3H3,(H2,19,20,21);1H. The van der Waals surface area contributed by atoms with Crippen LogP contribution in [0.1, 0.15) is 21.6 Å². The molecule has 0 saturated carbocycles. The van der Waals surface area contributed by atoms with Gasteiger partial charge in [-0.1, -0.05) is 6.07 Å². The summed E-state index contributed by atoms with van der Waals surface area (Å²) >= 11 is 1.72. The summed E-state index contributed by atoms with van der Waals surface area (Å²) in [6, 6.07) is 7.14. The van der Waals surface area contributed by atoms with Gasteiger partial charge in [-0.15, -0.1) is 35.3 Å². The van der Waals surface area contributed by atoms with Crippen molar-refractivity contribution in [3.63, 3.8) is 0 Å². The Bertz CT molecular complexity index is 676. The third kappa shape index (κ3) is 6.03. The lowest BCUT2D eigenvalue weighted by Gasteiger charge is -2.12. The summed E-state index contributed by atoms with van der Waals surface area (Å²) in [4.78, 5) is 5.50. The Labute approximate surface area is 163 Å². The van der Waals surface area contributed by atoms with Crippen molar-refractivity contribution in [2.24, 2.45) is 4.99 Å². The Kier molecular flexibility index (Phi) is 9.24. The van der Waals surface area contributed by atoms with Gasteiger partial charge in [-0.05, 0) is 41.6 Å². The van der Waals surface area contributed by atoms with Gasteiger partial charge in [0, 0.05) is 31.1 Å². The van der Waals surface area contributed by atoms with Crippen LogP contribution in [0.2, 0.25) is 0 Å². The van der Waals surface area contributed by atoms with Crippen LogP contribution in [0, 0.1) is 12.7 Å². The Morgan fingerprint density at radius 2 is 2.00 bits per heavy atom. The first-order valence-corrected chi connectivity index (χ1v) is 8.25. The minimum absolute atomic E-state index is 0. The van der Waals surface area contributed by atoms with Crippen LogP contribution in [-0.2, 0) is 24.4 Å². The highest BCUT2D eigenvalue weighted by atomic mass is 127. The fourth-order valence-corrected chi connectivity index (χ4v) is 3.01. The number of benzene rings is 1. The van der Waals surface area contributed by atoms with E-state index in [1.54, 1.807) is 31.6 Å². The van der Waals surface area contributed by atoms with Gasteiger partial charge >= 0.3 is 0 Å². The van der Waals surface area contributed by atoms with E-state index in [1.165, 1.54) is 16.5 Å². The minimum atomic E-state index is -0.244. The zero-order chi connectivity index (χ0) is 16.7. The third-order valence-corrected chi connectivity index (χ3v) is 4.50. The summed E-state index contributed by atoms with van der Waals surface area (Å²) in [5.74, 6) is 0.474. The van der Waals surface area contributed by atoms with Gasteiger partial charge in [0.15, 0.2) is 5.96 Å². The number of guanidine groups is 1. The average Bonchev–Trinajstić information content (AvgIpc) is 2.96. The van der Waals surface area contributed by atoms with Gasteiger partial charge in [0.05, 0.1) is 13.2 Å². The molecule has 4 nitrogen and oxygen atoms in total. The molecule has 132 valence electrons. The van der Waals surface area contributed by atoms with Gasteiger partial charge in [0.2, 0.25) is 0 Å². The molecule has 1 aromatic heterocycles. The van der Waals surface area contributed by atoms with E-state index in [4.69, 9.17) is 4.74 Å². The van der Waals surface area contributed by atoms with Crippen LogP contribution in [0.25, 0.3) is 0 Å². The summed E-state index contributed by atoms with van der Waals surface area (Å²) in [6.45, 7) is 3.67. The largest absolute Gasteiger partial charge is 0.380 e. The van der Waals surface area contributed by atoms with Crippen LogP contribution in [-0.4, -0.2) is 20.1 Å². The molecular formula is C17H23FIN3OS. The molecular weight excluding hydrogens is 440 g/mol. The van der Waals surface area contributed by atoms with E-state index >= 15 is 0 Å². The lowest BCUT2D eigenvalue weighted by molar-refractivity contribution is 0.181. The molecule has 0 bridgehead atoms. The van der Waals surface area contributed by atoms with E-state index < -0.39 is 0 Å². The summed E-state index contributed by atoms with van der Waals surface area (Å²) in [7, 11) is 3.29.